The minimum absolute atomic E-state index is 0.386. The van der Waals surface area contributed by atoms with Crippen LogP contribution in [0.15, 0.2) is 0 Å². The van der Waals surface area contributed by atoms with Crippen LogP contribution in [0.5, 0.6) is 0 Å². The Kier molecular flexibility index (Phi) is 4.02. The Bertz CT molecular complexity index is 119. The third-order valence-electron chi connectivity index (χ3n) is 2.43. The first-order valence-electron chi connectivity index (χ1n) is 5.01. The lowest BCUT2D eigenvalue weighted by Gasteiger charge is -2.16. The van der Waals surface area contributed by atoms with Crippen LogP contribution >= 0.6 is 0 Å². The minimum atomic E-state index is 0.386. The van der Waals surface area contributed by atoms with Crippen LogP contribution in [-0.4, -0.2) is 19.3 Å². The van der Waals surface area contributed by atoms with Gasteiger partial charge < -0.3 is 10.5 Å². The van der Waals surface area contributed by atoms with Gasteiger partial charge in [0, 0.05) is 19.3 Å². The number of rotatable bonds is 4. The molecule has 1 heterocycles. The van der Waals surface area contributed by atoms with E-state index in [1.54, 1.807) is 0 Å². The van der Waals surface area contributed by atoms with Gasteiger partial charge in [-0.1, -0.05) is 13.8 Å². The fraction of sp³-hybridized carbons (Fsp3) is 1.00. The van der Waals surface area contributed by atoms with Gasteiger partial charge in [0.25, 0.3) is 0 Å². The second kappa shape index (κ2) is 4.83. The molecule has 2 unspecified atom stereocenters. The van der Waals surface area contributed by atoms with Gasteiger partial charge in [-0.15, -0.1) is 0 Å². The maximum Gasteiger partial charge on any atom is 0.0495 e. The Morgan fingerprint density at radius 3 is 2.75 bits per heavy atom. The Hall–Kier alpha value is -0.0800. The maximum atomic E-state index is 6.00. The summed E-state index contributed by atoms with van der Waals surface area (Å²) in [6, 6.07) is 0.386. The first kappa shape index (κ1) is 10.0. The summed E-state index contributed by atoms with van der Waals surface area (Å²) in [7, 11) is 0. The van der Waals surface area contributed by atoms with Gasteiger partial charge in [-0.3, -0.25) is 0 Å². The van der Waals surface area contributed by atoms with E-state index in [9.17, 15) is 0 Å². The standard InChI is InChI=1S/C10H21NO/c1-8(2)5-10(11)6-9-3-4-12-7-9/h8-10H,3-7,11H2,1-2H3. The zero-order valence-corrected chi connectivity index (χ0v) is 8.25. The minimum Gasteiger partial charge on any atom is -0.381 e. The summed E-state index contributed by atoms with van der Waals surface area (Å²) in [6.07, 6.45) is 3.51. The van der Waals surface area contributed by atoms with Crippen molar-refractivity contribution < 1.29 is 4.74 Å². The monoisotopic (exact) mass is 171 g/mol. The molecule has 0 saturated carbocycles. The number of ether oxygens (including phenoxy) is 1. The Balaban J connectivity index is 2.11. The molecule has 1 fully saturated rings. The van der Waals surface area contributed by atoms with Gasteiger partial charge in [-0.05, 0) is 31.1 Å². The highest BCUT2D eigenvalue weighted by Crippen LogP contribution is 2.19. The van der Waals surface area contributed by atoms with E-state index >= 15 is 0 Å². The highest BCUT2D eigenvalue weighted by molar-refractivity contribution is 4.72. The maximum absolute atomic E-state index is 6.00. The molecule has 1 aliphatic rings. The van der Waals surface area contributed by atoms with Crippen molar-refractivity contribution in [3.05, 3.63) is 0 Å². The van der Waals surface area contributed by atoms with Crippen molar-refractivity contribution in [2.75, 3.05) is 13.2 Å². The van der Waals surface area contributed by atoms with Crippen LogP contribution in [0.2, 0.25) is 0 Å². The zero-order chi connectivity index (χ0) is 8.97. The van der Waals surface area contributed by atoms with Crippen molar-refractivity contribution in [2.45, 2.75) is 39.2 Å². The first-order chi connectivity index (χ1) is 5.68. The molecule has 0 radical (unpaired) electrons. The first-order valence-corrected chi connectivity index (χ1v) is 5.01. The molecule has 12 heavy (non-hydrogen) atoms. The molecule has 2 heteroatoms. The van der Waals surface area contributed by atoms with Crippen molar-refractivity contribution in [1.29, 1.82) is 0 Å². The lowest BCUT2D eigenvalue weighted by molar-refractivity contribution is 0.182. The Labute approximate surface area is 75.5 Å². The van der Waals surface area contributed by atoms with Gasteiger partial charge >= 0.3 is 0 Å². The van der Waals surface area contributed by atoms with Crippen LogP contribution < -0.4 is 5.73 Å². The smallest absolute Gasteiger partial charge is 0.0495 e. The molecule has 72 valence electrons. The van der Waals surface area contributed by atoms with E-state index in [2.05, 4.69) is 13.8 Å². The largest absolute Gasteiger partial charge is 0.381 e. The fourth-order valence-electron chi connectivity index (χ4n) is 1.90. The van der Waals surface area contributed by atoms with E-state index in [1.165, 1.54) is 6.42 Å². The average Bonchev–Trinajstić information content (AvgIpc) is 2.37. The molecule has 0 aromatic rings. The topological polar surface area (TPSA) is 35.2 Å². The van der Waals surface area contributed by atoms with Gasteiger partial charge in [0.05, 0.1) is 0 Å². The third-order valence-corrected chi connectivity index (χ3v) is 2.43. The molecule has 0 aliphatic carbocycles. The normalized spacial score (nSPS) is 26.5. The molecule has 2 N–H and O–H groups in total. The van der Waals surface area contributed by atoms with Crippen LogP contribution in [0.3, 0.4) is 0 Å². The number of nitrogens with two attached hydrogens (primary N) is 1. The molecule has 1 rings (SSSR count). The van der Waals surface area contributed by atoms with Crippen molar-refractivity contribution in [3.63, 3.8) is 0 Å². The number of hydrogen-bond donors (Lipinski definition) is 1. The van der Waals surface area contributed by atoms with Gasteiger partial charge in [0.2, 0.25) is 0 Å². The summed E-state index contributed by atoms with van der Waals surface area (Å²) < 4.78 is 5.31. The summed E-state index contributed by atoms with van der Waals surface area (Å²) in [4.78, 5) is 0. The third kappa shape index (κ3) is 3.55. The van der Waals surface area contributed by atoms with Crippen LogP contribution in [0, 0.1) is 11.8 Å². The van der Waals surface area contributed by atoms with Crippen molar-refractivity contribution in [2.24, 2.45) is 17.6 Å². The van der Waals surface area contributed by atoms with E-state index in [0.717, 1.165) is 37.9 Å². The van der Waals surface area contributed by atoms with Crippen LogP contribution in [-0.2, 0) is 4.74 Å². The predicted molar refractivity (Wildman–Crippen MR) is 51.0 cm³/mol. The van der Waals surface area contributed by atoms with Crippen molar-refractivity contribution >= 4 is 0 Å². The molecule has 0 amide bonds. The molecule has 0 aromatic carbocycles. The molecule has 1 aliphatic heterocycles. The summed E-state index contributed by atoms with van der Waals surface area (Å²) in [5, 5.41) is 0. The van der Waals surface area contributed by atoms with Crippen LogP contribution in [0.1, 0.15) is 33.1 Å². The van der Waals surface area contributed by atoms with Crippen molar-refractivity contribution in [1.82, 2.24) is 0 Å². The van der Waals surface area contributed by atoms with Crippen molar-refractivity contribution in [3.8, 4) is 0 Å². The second-order valence-electron chi connectivity index (χ2n) is 4.35. The van der Waals surface area contributed by atoms with Gasteiger partial charge in [0.1, 0.15) is 0 Å². The molecular formula is C10H21NO. The number of hydrogen-bond acceptors (Lipinski definition) is 2. The van der Waals surface area contributed by atoms with Crippen LogP contribution in [0.25, 0.3) is 0 Å². The SMILES string of the molecule is CC(C)CC(N)CC1CCOC1. The molecule has 2 nitrogen and oxygen atoms in total. The summed E-state index contributed by atoms with van der Waals surface area (Å²) in [5.74, 6) is 1.46. The van der Waals surface area contributed by atoms with Gasteiger partial charge in [-0.2, -0.15) is 0 Å². The zero-order valence-electron chi connectivity index (χ0n) is 8.25. The summed E-state index contributed by atoms with van der Waals surface area (Å²) >= 11 is 0. The molecule has 0 spiro atoms. The quantitative estimate of drug-likeness (QED) is 0.700. The Morgan fingerprint density at radius 2 is 2.25 bits per heavy atom. The molecular weight excluding hydrogens is 150 g/mol. The molecule has 0 bridgehead atoms. The van der Waals surface area contributed by atoms with Gasteiger partial charge in [0.15, 0.2) is 0 Å². The second-order valence-corrected chi connectivity index (χ2v) is 4.35. The molecule has 0 aromatic heterocycles. The van der Waals surface area contributed by atoms with Gasteiger partial charge in [-0.25, -0.2) is 0 Å². The Morgan fingerprint density at radius 1 is 1.50 bits per heavy atom. The highest BCUT2D eigenvalue weighted by atomic mass is 16.5. The van der Waals surface area contributed by atoms with Crippen LogP contribution in [0.4, 0.5) is 0 Å². The molecule has 1 saturated heterocycles. The average molecular weight is 171 g/mol. The van der Waals surface area contributed by atoms with E-state index in [4.69, 9.17) is 10.5 Å². The fourth-order valence-corrected chi connectivity index (χ4v) is 1.90. The predicted octanol–water partition coefficient (Wildman–Crippen LogP) is 1.79. The van der Waals surface area contributed by atoms with E-state index in [-0.39, 0.29) is 0 Å². The lowest BCUT2D eigenvalue weighted by atomic mass is 9.94. The molecule has 2 atom stereocenters. The summed E-state index contributed by atoms with van der Waals surface area (Å²) in [5.41, 5.74) is 6.00. The van der Waals surface area contributed by atoms with E-state index in [0.29, 0.717) is 6.04 Å². The lowest BCUT2D eigenvalue weighted by Crippen LogP contribution is -2.25. The highest BCUT2D eigenvalue weighted by Gasteiger charge is 2.18. The summed E-state index contributed by atoms with van der Waals surface area (Å²) in [6.45, 7) is 6.33. The van der Waals surface area contributed by atoms with E-state index < -0.39 is 0 Å². The van der Waals surface area contributed by atoms with E-state index in [1.807, 2.05) is 0 Å².